The van der Waals surface area contributed by atoms with E-state index < -0.39 is 0 Å². The molecule has 3 heterocycles. The van der Waals surface area contributed by atoms with E-state index in [2.05, 4.69) is 22.2 Å². The van der Waals surface area contributed by atoms with E-state index in [-0.39, 0.29) is 0 Å². The molecule has 118 valence electrons. The molecule has 0 bridgehead atoms. The second-order valence-electron chi connectivity index (χ2n) is 6.50. The van der Waals surface area contributed by atoms with Crippen LogP contribution in [0.4, 0.5) is 0 Å². The van der Waals surface area contributed by atoms with Crippen LogP contribution in [0.2, 0.25) is 0 Å². The van der Waals surface area contributed by atoms with Crippen LogP contribution in [0.15, 0.2) is 5.38 Å². The van der Waals surface area contributed by atoms with Gasteiger partial charge in [0.15, 0.2) is 0 Å². The molecular weight excluding hydrogens is 284 g/mol. The summed E-state index contributed by atoms with van der Waals surface area (Å²) in [6, 6.07) is 0. The lowest BCUT2D eigenvalue weighted by atomic mass is 9.66. The molecule has 0 unspecified atom stereocenters. The van der Waals surface area contributed by atoms with Gasteiger partial charge in [0, 0.05) is 30.7 Å². The summed E-state index contributed by atoms with van der Waals surface area (Å²) in [6.07, 6.45) is 3.74. The lowest BCUT2D eigenvalue weighted by Gasteiger charge is -2.48. The Morgan fingerprint density at radius 2 is 2.24 bits per heavy atom. The first-order valence-electron chi connectivity index (χ1n) is 7.92. The highest BCUT2D eigenvalue weighted by molar-refractivity contribution is 7.09. The van der Waals surface area contributed by atoms with Gasteiger partial charge in [-0.25, -0.2) is 4.98 Å². The molecule has 0 aliphatic carbocycles. The third-order valence-electron chi connectivity index (χ3n) is 5.17. The Morgan fingerprint density at radius 1 is 1.43 bits per heavy atom. The molecule has 4 nitrogen and oxygen atoms in total. The molecule has 21 heavy (non-hydrogen) atoms. The summed E-state index contributed by atoms with van der Waals surface area (Å²) >= 11 is 1.79. The lowest BCUT2D eigenvalue weighted by molar-refractivity contribution is -0.0951. The second kappa shape index (κ2) is 6.73. The zero-order valence-corrected chi connectivity index (χ0v) is 14.0. The minimum absolute atomic E-state index is 0.448. The van der Waals surface area contributed by atoms with E-state index in [9.17, 15) is 0 Å². The van der Waals surface area contributed by atoms with E-state index in [1.165, 1.54) is 37.4 Å². The molecule has 1 aromatic heterocycles. The summed E-state index contributed by atoms with van der Waals surface area (Å²) in [5, 5.41) is 3.40. The van der Waals surface area contributed by atoms with Crippen LogP contribution in [0.3, 0.4) is 0 Å². The van der Waals surface area contributed by atoms with Crippen molar-refractivity contribution in [2.24, 2.45) is 11.3 Å². The monoisotopic (exact) mass is 310 g/mol. The number of thiazole rings is 1. The first-order chi connectivity index (χ1) is 10.2. The maximum absolute atomic E-state index is 5.69. The van der Waals surface area contributed by atoms with Crippen LogP contribution < -0.4 is 0 Å². The second-order valence-corrected chi connectivity index (χ2v) is 7.44. The third-order valence-corrected chi connectivity index (χ3v) is 6.13. The molecule has 5 heteroatoms. The Kier molecular flexibility index (Phi) is 4.94. The first kappa shape index (κ1) is 15.4. The largest absolute Gasteiger partial charge is 0.384 e. The van der Waals surface area contributed by atoms with Gasteiger partial charge in [0.25, 0.3) is 0 Å². The van der Waals surface area contributed by atoms with Crippen molar-refractivity contribution >= 4 is 11.3 Å². The number of aromatic nitrogens is 1. The number of likely N-dealkylation sites (tertiary alicyclic amines) is 1. The highest BCUT2D eigenvalue weighted by Crippen LogP contribution is 2.44. The van der Waals surface area contributed by atoms with Gasteiger partial charge in [-0.05, 0) is 44.7 Å². The molecule has 1 atom stereocenters. The summed E-state index contributed by atoms with van der Waals surface area (Å²) in [5.41, 5.74) is 1.59. The maximum Gasteiger partial charge on any atom is 0.107 e. The average molecular weight is 310 g/mol. The van der Waals surface area contributed by atoms with Gasteiger partial charge in [-0.15, -0.1) is 11.3 Å². The number of ether oxygens (including phenoxy) is 2. The zero-order valence-electron chi connectivity index (χ0n) is 13.1. The number of nitrogens with zero attached hydrogens (tertiary/aromatic N) is 2. The van der Waals surface area contributed by atoms with Gasteiger partial charge >= 0.3 is 0 Å². The van der Waals surface area contributed by atoms with Crippen LogP contribution in [-0.2, 0) is 16.0 Å². The normalized spacial score (nSPS) is 26.3. The van der Waals surface area contributed by atoms with Crippen molar-refractivity contribution in [3.8, 4) is 0 Å². The zero-order chi connectivity index (χ0) is 14.7. The van der Waals surface area contributed by atoms with E-state index in [0.717, 1.165) is 32.1 Å². The first-order valence-corrected chi connectivity index (χ1v) is 8.80. The molecular formula is C16H26N2O2S. The molecule has 0 amide bonds. The van der Waals surface area contributed by atoms with Crippen LogP contribution in [0, 0.1) is 18.3 Å². The number of hydrogen-bond donors (Lipinski definition) is 0. The molecule has 0 radical (unpaired) electrons. The van der Waals surface area contributed by atoms with Gasteiger partial charge < -0.3 is 9.47 Å². The predicted octanol–water partition coefficient (Wildman–Crippen LogP) is 2.72. The van der Waals surface area contributed by atoms with Crippen LogP contribution in [0.25, 0.3) is 0 Å². The molecule has 3 rings (SSSR count). The van der Waals surface area contributed by atoms with Gasteiger partial charge in [-0.2, -0.15) is 0 Å². The molecule has 0 saturated carbocycles. The lowest BCUT2D eigenvalue weighted by Crippen LogP contribution is -2.49. The molecule has 2 aliphatic heterocycles. The minimum Gasteiger partial charge on any atom is -0.384 e. The van der Waals surface area contributed by atoms with Crippen molar-refractivity contribution in [1.29, 1.82) is 0 Å². The molecule has 0 N–H and O–H groups in total. The number of methoxy groups -OCH3 is 1. The van der Waals surface area contributed by atoms with E-state index in [0.29, 0.717) is 11.3 Å². The van der Waals surface area contributed by atoms with Crippen molar-refractivity contribution in [2.45, 2.75) is 32.7 Å². The van der Waals surface area contributed by atoms with Gasteiger partial charge in [-0.1, -0.05) is 0 Å². The molecule has 0 aromatic carbocycles. The third kappa shape index (κ3) is 3.47. The fourth-order valence-corrected chi connectivity index (χ4v) is 4.60. The number of rotatable bonds is 4. The highest BCUT2D eigenvalue weighted by atomic mass is 32.1. The summed E-state index contributed by atoms with van der Waals surface area (Å²) in [5.74, 6) is 0.570. The molecule has 2 fully saturated rings. The van der Waals surface area contributed by atoms with Crippen molar-refractivity contribution < 1.29 is 9.47 Å². The fourth-order valence-electron chi connectivity index (χ4n) is 3.79. The Labute approximate surface area is 131 Å². The quantitative estimate of drug-likeness (QED) is 0.856. The fraction of sp³-hybridized carbons (Fsp3) is 0.812. The highest BCUT2D eigenvalue weighted by Gasteiger charge is 2.43. The van der Waals surface area contributed by atoms with Gasteiger partial charge in [0.05, 0.1) is 19.8 Å². The molecule has 1 aromatic rings. The minimum atomic E-state index is 0.448. The summed E-state index contributed by atoms with van der Waals surface area (Å²) in [4.78, 5) is 7.15. The summed E-state index contributed by atoms with van der Waals surface area (Å²) in [6.45, 7) is 8.08. The van der Waals surface area contributed by atoms with Crippen molar-refractivity contribution in [3.05, 3.63) is 16.1 Å². The van der Waals surface area contributed by atoms with E-state index >= 15 is 0 Å². The van der Waals surface area contributed by atoms with Crippen molar-refractivity contribution in [2.75, 3.05) is 40.0 Å². The Morgan fingerprint density at radius 3 is 2.90 bits per heavy atom. The SMILES string of the molecule is COC[C@H]1COCCC12CCN(Cc1nc(C)cs1)CC2. The average Bonchev–Trinajstić information content (AvgIpc) is 2.90. The summed E-state index contributed by atoms with van der Waals surface area (Å²) < 4.78 is 11.1. The standard InChI is InChI=1S/C16H26N2O2S/c1-13-12-21-15(17-13)9-18-6-3-16(4-7-18)5-8-20-11-14(16)10-19-2/h12,14H,3-11H2,1-2H3/t14-/m0/s1. The maximum atomic E-state index is 5.69. The molecule has 2 aliphatic rings. The Bertz CT molecular complexity index is 453. The molecule has 2 saturated heterocycles. The van der Waals surface area contributed by atoms with Crippen LogP contribution >= 0.6 is 11.3 Å². The van der Waals surface area contributed by atoms with Gasteiger partial charge in [0.1, 0.15) is 5.01 Å². The Hall–Kier alpha value is -0.490. The smallest absolute Gasteiger partial charge is 0.107 e. The molecule has 1 spiro atoms. The van der Waals surface area contributed by atoms with Crippen molar-refractivity contribution in [1.82, 2.24) is 9.88 Å². The van der Waals surface area contributed by atoms with Gasteiger partial charge in [-0.3, -0.25) is 4.90 Å². The van der Waals surface area contributed by atoms with Crippen LogP contribution in [-0.4, -0.2) is 49.9 Å². The van der Waals surface area contributed by atoms with E-state index in [1.807, 2.05) is 7.11 Å². The Balaban J connectivity index is 1.58. The predicted molar refractivity (Wildman–Crippen MR) is 84.6 cm³/mol. The number of hydrogen-bond acceptors (Lipinski definition) is 5. The number of piperidine rings is 1. The number of aryl methyl sites for hydroxylation is 1. The summed E-state index contributed by atoms with van der Waals surface area (Å²) in [7, 11) is 1.81. The van der Waals surface area contributed by atoms with Gasteiger partial charge in [0.2, 0.25) is 0 Å². The van der Waals surface area contributed by atoms with Crippen LogP contribution in [0.5, 0.6) is 0 Å². The van der Waals surface area contributed by atoms with E-state index in [4.69, 9.17) is 9.47 Å². The van der Waals surface area contributed by atoms with Crippen molar-refractivity contribution in [3.63, 3.8) is 0 Å². The van der Waals surface area contributed by atoms with E-state index in [1.54, 1.807) is 11.3 Å². The topological polar surface area (TPSA) is 34.6 Å². The van der Waals surface area contributed by atoms with Crippen LogP contribution in [0.1, 0.15) is 30.0 Å².